The van der Waals surface area contributed by atoms with E-state index in [2.05, 4.69) is 10.7 Å². The predicted molar refractivity (Wildman–Crippen MR) is 45.9 cm³/mol. The van der Waals surface area contributed by atoms with Crippen LogP contribution >= 0.6 is 0 Å². The van der Waals surface area contributed by atoms with Crippen molar-refractivity contribution in [2.75, 3.05) is 6.61 Å². The summed E-state index contributed by atoms with van der Waals surface area (Å²) in [6, 6.07) is 5.85. The number of hydrogen-bond acceptors (Lipinski definition) is 1. The fourth-order valence-electron chi connectivity index (χ4n) is 0.813. The van der Waals surface area contributed by atoms with Crippen molar-refractivity contribution in [3.05, 3.63) is 29.8 Å². The molecule has 0 amide bonds. The van der Waals surface area contributed by atoms with Crippen LogP contribution < -0.4 is 4.74 Å². The molecule has 0 atom stereocenters. The summed E-state index contributed by atoms with van der Waals surface area (Å²) in [5, 5.41) is 0. The number of rotatable bonds is 2. The standard InChI is InChI=1S/C10H7F3O/c1-2-8-3-5-9(6-4-8)14-7-10(11,12)13/h1,3-6H,7H2. The van der Waals surface area contributed by atoms with Crippen LogP contribution in [-0.2, 0) is 0 Å². The van der Waals surface area contributed by atoms with E-state index in [9.17, 15) is 13.2 Å². The Morgan fingerprint density at radius 1 is 1.21 bits per heavy atom. The van der Waals surface area contributed by atoms with Crippen molar-refractivity contribution in [3.8, 4) is 18.1 Å². The predicted octanol–water partition coefficient (Wildman–Crippen LogP) is 2.61. The van der Waals surface area contributed by atoms with Crippen molar-refractivity contribution in [1.29, 1.82) is 0 Å². The molecule has 0 saturated heterocycles. The molecule has 14 heavy (non-hydrogen) atoms. The van der Waals surface area contributed by atoms with Gasteiger partial charge in [0.05, 0.1) is 0 Å². The lowest BCUT2D eigenvalue weighted by Crippen LogP contribution is -2.19. The molecule has 0 saturated carbocycles. The first kappa shape index (κ1) is 10.5. The Hall–Kier alpha value is -1.63. The topological polar surface area (TPSA) is 9.23 Å². The summed E-state index contributed by atoms with van der Waals surface area (Å²) < 4.78 is 39.7. The van der Waals surface area contributed by atoms with Gasteiger partial charge in [-0.15, -0.1) is 6.42 Å². The molecule has 0 unspecified atom stereocenters. The Balaban J connectivity index is 2.58. The lowest BCUT2D eigenvalue weighted by Gasteiger charge is -2.08. The number of ether oxygens (including phenoxy) is 1. The van der Waals surface area contributed by atoms with Crippen molar-refractivity contribution in [2.45, 2.75) is 6.18 Å². The van der Waals surface area contributed by atoms with Gasteiger partial charge in [0.2, 0.25) is 0 Å². The molecule has 1 aromatic carbocycles. The van der Waals surface area contributed by atoms with Crippen molar-refractivity contribution >= 4 is 0 Å². The monoisotopic (exact) mass is 200 g/mol. The second kappa shape index (κ2) is 4.05. The van der Waals surface area contributed by atoms with Crippen LogP contribution in [0.1, 0.15) is 5.56 Å². The SMILES string of the molecule is C#Cc1ccc(OCC(F)(F)F)cc1. The van der Waals surface area contributed by atoms with Crippen LogP contribution in [-0.4, -0.2) is 12.8 Å². The van der Waals surface area contributed by atoms with Crippen LogP contribution in [0.25, 0.3) is 0 Å². The molecule has 0 aliphatic carbocycles. The minimum atomic E-state index is -4.31. The van der Waals surface area contributed by atoms with Gasteiger partial charge in [-0.1, -0.05) is 5.92 Å². The third-order valence-corrected chi connectivity index (χ3v) is 1.42. The van der Waals surface area contributed by atoms with Gasteiger partial charge in [-0.2, -0.15) is 13.2 Å². The van der Waals surface area contributed by atoms with Crippen LogP contribution in [0.5, 0.6) is 5.75 Å². The highest BCUT2D eigenvalue weighted by molar-refractivity contribution is 5.36. The van der Waals surface area contributed by atoms with Crippen LogP contribution in [0.3, 0.4) is 0 Å². The lowest BCUT2D eigenvalue weighted by atomic mass is 10.2. The summed E-state index contributed by atoms with van der Waals surface area (Å²) in [5.74, 6) is 2.50. The zero-order valence-electron chi connectivity index (χ0n) is 7.14. The minimum Gasteiger partial charge on any atom is -0.484 e. The van der Waals surface area contributed by atoms with E-state index in [-0.39, 0.29) is 5.75 Å². The van der Waals surface area contributed by atoms with E-state index in [0.717, 1.165) is 0 Å². The Bertz CT molecular complexity index is 332. The molecule has 0 fully saturated rings. The summed E-state index contributed by atoms with van der Waals surface area (Å²) in [4.78, 5) is 0. The van der Waals surface area contributed by atoms with Crippen LogP contribution in [0, 0.1) is 12.3 Å². The molecule has 0 bridgehead atoms. The minimum absolute atomic E-state index is 0.154. The maximum absolute atomic E-state index is 11.7. The van der Waals surface area contributed by atoms with Crippen molar-refractivity contribution < 1.29 is 17.9 Å². The van der Waals surface area contributed by atoms with Gasteiger partial charge >= 0.3 is 6.18 Å². The molecule has 4 heteroatoms. The summed E-state index contributed by atoms with van der Waals surface area (Å²) in [6.45, 7) is -1.29. The number of benzene rings is 1. The number of hydrogen-bond donors (Lipinski definition) is 0. The van der Waals surface area contributed by atoms with Gasteiger partial charge in [0.1, 0.15) is 5.75 Å². The van der Waals surface area contributed by atoms with Crippen LogP contribution in [0.2, 0.25) is 0 Å². The molecule has 0 aliphatic heterocycles. The third kappa shape index (κ3) is 3.40. The highest BCUT2D eigenvalue weighted by Gasteiger charge is 2.28. The van der Waals surface area contributed by atoms with E-state index in [1.165, 1.54) is 24.3 Å². The fourth-order valence-corrected chi connectivity index (χ4v) is 0.813. The summed E-state index contributed by atoms with van der Waals surface area (Å²) >= 11 is 0. The second-order valence-corrected chi connectivity index (χ2v) is 2.57. The maximum atomic E-state index is 11.7. The molecule has 1 aromatic rings. The van der Waals surface area contributed by atoms with Gasteiger partial charge in [0, 0.05) is 5.56 Å². The normalized spacial score (nSPS) is 10.7. The van der Waals surface area contributed by atoms with Crippen molar-refractivity contribution in [2.24, 2.45) is 0 Å². The largest absolute Gasteiger partial charge is 0.484 e. The first-order chi connectivity index (χ1) is 6.51. The van der Waals surface area contributed by atoms with Gasteiger partial charge in [0.15, 0.2) is 6.61 Å². The van der Waals surface area contributed by atoms with Crippen molar-refractivity contribution in [1.82, 2.24) is 0 Å². The zero-order chi connectivity index (χ0) is 10.6. The average Bonchev–Trinajstić information content (AvgIpc) is 2.14. The van der Waals surface area contributed by atoms with E-state index in [1.807, 2.05) is 0 Å². The maximum Gasteiger partial charge on any atom is 0.422 e. The molecule has 0 radical (unpaired) electrons. The smallest absolute Gasteiger partial charge is 0.422 e. The molecule has 0 aromatic heterocycles. The van der Waals surface area contributed by atoms with E-state index >= 15 is 0 Å². The van der Waals surface area contributed by atoms with Crippen molar-refractivity contribution in [3.63, 3.8) is 0 Å². The molecule has 1 rings (SSSR count). The highest BCUT2D eigenvalue weighted by Crippen LogP contribution is 2.18. The van der Waals surface area contributed by atoms with E-state index < -0.39 is 12.8 Å². The molecule has 0 aliphatic rings. The van der Waals surface area contributed by atoms with Gasteiger partial charge in [-0.05, 0) is 24.3 Å². The van der Waals surface area contributed by atoms with Gasteiger partial charge in [-0.3, -0.25) is 0 Å². The molecule has 74 valence electrons. The zero-order valence-corrected chi connectivity index (χ0v) is 7.14. The first-order valence-corrected chi connectivity index (χ1v) is 3.77. The summed E-state index contributed by atoms with van der Waals surface area (Å²) in [6.07, 6.45) is 0.758. The quantitative estimate of drug-likeness (QED) is 0.667. The Kier molecular flexibility index (Phi) is 3.03. The summed E-state index contributed by atoms with van der Waals surface area (Å²) in [7, 11) is 0. The molecule has 1 nitrogen and oxygen atoms in total. The Morgan fingerprint density at radius 3 is 2.21 bits per heavy atom. The van der Waals surface area contributed by atoms with E-state index in [1.54, 1.807) is 0 Å². The lowest BCUT2D eigenvalue weighted by molar-refractivity contribution is -0.153. The fraction of sp³-hybridized carbons (Fsp3) is 0.200. The average molecular weight is 200 g/mol. The second-order valence-electron chi connectivity index (χ2n) is 2.57. The molecule has 0 N–H and O–H groups in total. The van der Waals surface area contributed by atoms with Crippen LogP contribution in [0.4, 0.5) is 13.2 Å². The number of alkyl halides is 3. The van der Waals surface area contributed by atoms with Crippen LogP contribution in [0.15, 0.2) is 24.3 Å². The molecule has 0 heterocycles. The van der Waals surface area contributed by atoms with Gasteiger partial charge < -0.3 is 4.74 Å². The van der Waals surface area contributed by atoms with Gasteiger partial charge in [-0.25, -0.2) is 0 Å². The van der Waals surface area contributed by atoms with Gasteiger partial charge in [0.25, 0.3) is 0 Å². The number of terminal acetylenes is 1. The molecule has 0 spiro atoms. The summed E-state index contributed by atoms with van der Waals surface area (Å²) in [5.41, 5.74) is 0.601. The molecular formula is C10H7F3O. The Labute approximate surface area is 79.5 Å². The third-order valence-electron chi connectivity index (χ3n) is 1.42. The Morgan fingerprint density at radius 2 is 1.79 bits per heavy atom. The first-order valence-electron chi connectivity index (χ1n) is 3.77. The van der Waals surface area contributed by atoms with E-state index in [4.69, 9.17) is 6.42 Å². The number of halogens is 3. The molecular weight excluding hydrogens is 193 g/mol. The van der Waals surface area contributed by atoms with E-state index in [0.29, 0.717) is 5.56 Å². The highest BCUT2D eigenvalue weighted by atomic mass is 19.4.